The van der Waals surface area contributed by atoms with Gasteiger partial charge in [0.1, 0.15) is 0 Å². The smallest absolute Gasteiger partial charge is 0.332 e. The van der Waals surface area contributed by atoms with E-state index < -0.39 is 12.1 Å². The van der Waals surface area contributed by atoms with E-state index in [1.807, 2.05) is 20.8 Å². The number of hydrogen-bond acceptors (Lipinski definition) is 3. The van der Waals surface area contributed by atoms with Crippen molar-refractivity contribution in [1.29, 1.82) is 0 Å². The van der Waals surface area contributed by atoms with Crippen LogP contribution < -0.4 is 10.6 Å². The molecule has 0 saturated carbocycles. The van der Waals surface area contributed by atoms with E-state index in [2.05, 4.69) is 10.6 Å². The second-order valence-corrected chi connectivity index (χ2v) is 4.29. The van der Waals surface area contributed by atoms with Crippen molar-refractivity contribution in [3.63, 3.8) is 0 Å². The van der Waals surface area contributed by atoms with Crippen LogP contribution >= 0.6 is 0 Å². The van der Waals surface area contributed by atoms with Gasteiger partial charge in [-0.2, -0.15) is 0 Å². The Balaban J connectivity index is 3.92. The second-order valence-electron chi connectivity index (χ2n) is 4.29. The molecule has 17 heavy (non-hydrogen) atoms. The Bertz CT molecular complexity index is 264. The van der Waals surface area contributed by atoms with E-state index in [9.17, 15) is 9.59 Å². The fraction of sp³-hybridized carbons (Fsp3) is 0.818. The molecular formula is C11H22N2O4. The summed E-state index contributed by atoms with van der Waals surface area (Å²) in [7, 11) is 0. The molecule has 0 aromatic heterocycles. The Hall–Kier alpha value is -1.30. The maximum atomic E-state index is 11.5. The third kappa shape index (κ3) is 6.11. The van der Waals surface area contributed by atoms with E-state index >= 15 is 0 Å². The summed E-state index contributed by atoms with van der Waals surface area (Å²) in [6.07, 6.45) is 0.195. The van der Waals surface area contributed by atoms with Gasteiger partial charge in [0.25, 0.3) is 0 Å². The van der Waals surface area contributed by atoms with Gasteiger partial charge in [-0.1, -0.05) is 13.8 Å². The fourth-order valence-electron chi connectivity index (χ4n) is 1.19. The average molecular weight is 246 g/mol. The van der Waals surface area contributed by atoms with Crippen LogP contribution in [-0.4, -0.2) is 40.4 Å². The molecule has 0 unspecified atom stereocenters. The number of amides is 2. The molecule has 0 heterocycles. The molecule has 0 aliphatic carbocycles. The van der Waals surface area contributed by atoms with Gasteiger partial charge in [-0.3, -0.25) is 0 Å². The molecule has 6 heteroatoms. The molecule has 0 radical (unpaired) electrons. The topological polar surface area (TPSA) is 98.7 Å². The molecule has 0 bridgehead atoms. The van der Waals surface area contributed by atoms with E-state index in [0.29, 0.717) is 0 Å². The van der Waals surface area contributed by atoms with Crippen molar-refractivity contribution < 1.29 is 19.8 Å². The predicted molar refractivity (Wildman–Crippen MR) is 63.8 cm³/mol. The Labute approximate surface area is 101 Å². The number of hydrogen-bond donors (Lipinski definition) is 4. The third-order valence-corrected chi connectivity index (χ3v) is 2.96. The zero-order valence-corrected chi connectivity index (χ0v) is 10.6. The monoisotopic (exact) mass is 246 g/mol. The lowest BCUT2D eigenvalue weighted by Crippen LogP contribution is -2.50. The van der Waals surface area contributed by atoms with Crippen molar-refractivity contribution in [2.45, 2.75) is 51.7 Å². The van der Waals surface area contributed by atoms with Gasteiger partial charge in [-0.25, -0.2) is 9.59 Å². The largest absolute Gasteiger partial charge is 0.479 e. The van der Waals surface area contributed by atoms with Gasteiger partial charge >= 0.3 is 12.0 Å². The first-order chi connectivity index (χ1) is 7.84. The number of carbonyl (C=O) groups excluding carboxylic acids is 1. The number of carboxylic acids is 1. The van der Waals surface area contributed by atoms with Gasteiger partial charge in [0.15, 0.2) is 6.10 Å². The molecule has 2 amide bonds. The molecule has 0 spiro atoms. The average Bonchev–Trinajstić information content (AvgIpc) is 2.28. The molecule has 0 saturated heterocycles. The SMILES string of the molecule is CCC(C)(CC)NC(=O)NCC[C@H](O)C(=O)O. The molecule has 0 aromatic carbocycles. The minimum absolute atomic E-state index is 0.00226. The number of rotatable bonds is 7. The standard InChI is InChI=1S/C11H22N2O4/c1-4-11(3,5-2)13-10(17)12-7-6-8(14)9(15)16/h8,14H,4-7H2,1-3H3,(H,15,16)(H2,12,13,17)/t8-/m0/s1. The summed E-state index contributed by atoms with van der Waals surface area (Å²) in [4.78, 5) is 21.8. The predicted octanol–water partition coefficient (Wildman–Crippen LogP) is 0.700. The lowest BCUT2D eigenvalue weighted by Gasteiger charge is -2.28. The van der Waals surface area contributed by atoms with Crippen molar-refractivity contribution in [3.05, 3.63) is 0 Å². The van der Waals surface area contributed by atoms with Crippen LogP contribution in [0.3, 0.4) is 0 Å². The summed E-state index contributed by atoms with van der Waals surface area (Å²) >= 11 is 0. The Morgan fingerprint density at radius 2 is 1.82 bits per heavy atom. The first kappa shape index (κ1) is 15.7. The van der Waals surface area contributed by atoms with E-state index in [1.54, 1.807) is 0 Å². The Morgan fingerprint density at radius 3 is 2.24 bits per heavy atom. The zero-order chi connectivity index (χ0) is 13.5. The molecule has 0 aliphatic rings. The summed E-state index contributed by atoms with van der Waals surface area (Å²) in [5.74, 6) is -1.28. The lowest BCUT2D eigenvalue weighted by atomic mass is 9.96. The van der Waals surface area contributed by atoms with E-state index in [1.165, 1.54) is 0 Å². The number of carbonyl (C=O) groups is 2. The maximum absolute atomic E-state index is 11.5. The van der Waals surface area contributed by atoms with Crippen molar-refractivity contribution in [3.8, 4) is 0 Å². The quantitative estimate of drug-likeness (QED) is 0.531. The molecule has 0 aromatic rings. The van der Waals surface area contributed by atoms with Crippen molar-refractivity contribution in [2.75, 3.05) is 6.54 Å². The molecule has 0 aliphatic heterocycles. The highest BCUT2D eigenvalue weighted by Gasteiger charge is 2.21. The first-order valence-electron chi connectivity index (χ1n) is 5.81. The van der Waals surface area contributed by atoms with Crippen molar-refractivity contribution in [2.24, 2.45) is 0 Å². The highest BCUT2D eigenvalue weighted by molar-refractivity contribution is 5.75. The van der Waals surface area contributed by atoms with E-state index in [0.717, 1.165) is 12.8 Å². The number of aliphatic hydroxyl groups is 1. The van der Waals surface area contributed by atoms with Gasteiger partial charge in [0.05, 0.1) is 0 Å². The molecule has 0 rings (SSSR count). The van der Waals surface area contributed by atoms with Crippen LogP contribution in [0, 0.1) is 0 Å². The highest BCUT2D eigenvalue weighted by atomic mass is 16.4. The van der Waals surface area contributed by atoms with Gasteiger partial charge in [0.2, 0.25) is 0 Å². The van der Waals surface area contributed by atoms with Gasteiger partial charge in [-0.15, -0.1) is 0 Å². The third-order valence-electron chi connectivity index (χ3n) is 2.96. The first-order valence-corrected chi connectivity index (χ1v) is 5.81. The van der Waals surface area contributed by atoms with Crippen LogP contribution in [0.4, 0.5) is 4.79 Å². The van der Waals surface area contributed by atoms with Crippen LogP contribution in [0.15, 0.2) is 0 Å². The molecule has 1 atom stereocenters. The summed E-state index contributed by atoms with van der Waals surface area (Å²) in [6, 6.07) is -0.339. The van der Waals surface area contributed by atoms with Crippen LogP contribution in [0.1, 0.15) is 40.0 Å². The van der Waals surface area contributed by atoms with Gasteiger partial charge in [0, 0.05) is 18.5 Å². The van der Waals surface area contributed by atoms with Crippen LogP contribution in [-0.2, 0) is 4.79 Å². The minimum atomic E-state index is -1.43. The number of aliphatic hydroxyl groups excluding tert-OH is 1. The van der Waals surface area contributed by atoms with Crippen molar-refractivity contribution in [1.82, 2.24) is 10.6 Å². The normalized spacial score (nSPS) is 12.9. The van der Waals surface area contributed by atoms with Gasteiger partial charge < -0.3 is 20.8 Å². The molecule has 4 N–H and O–H groups in total. The molecule has 0 fully saturated rings. The van der Waals surface area contributed by atoms with E-state index in [-0.39, 0.29) is 24.5 Å². The number of carboxylic acid groups (broad SMARTS) is 1. The van der Waals surface area contributed by atoms with Crippen LogP contribution in [0.25, 0.3) is 0 Å². The molecular weight excluding hydrogens is 224 g/mol. The molecule has 100 valence electrons. The Kier molecular flexibility index (Phi) is 6.57. The van der Waals surface area contributed by atoms with E-state index in [4.69, 9.17) is 10.2 Å². The summed E-state index contributed by atoms with van der Waals surface area (Å²) in [5, 5.41) is 22.8. The zero-order valence-electron chi connectivity index (χ0n) is 10.6. The fourth-order valence-corrected chi connectivity index (χ4v) is 1.19. The lowest BCUT2D eigenvalue weighted by molar-refractivity contribution is -0.146. The van der Waals surface area contributed by atoms with Crippen molar-refractivity contribution >= 4 is 12.0 Å². The van der Waals surface area contributed by atoms with Crippen LogP contribution in [0.2, 0.25) is 0 Å². The summed E-state index contributed by atoms with van der Waals surface area (Å²) < 4.78 is 0. The number of urea groups is 1. The summed E-state index contributed by atoms with van der Waals surface area (Å²) in [5.41, 5.74) is -0.254. The van der Waals surface area contributed by atoms with Crippen LogP contribution in [0.5, 0.6) is 0 Å². The number of aliphatic carboxylic acids is 1. The number of nitrogens with one attached hydrogen (secondary N) is 2. The van der Waals surface area contributed by atoms with Gasteiger partial charge in [-0.05, 0) is 19.8 Å². The molecule has 6 nitrogen and oxygen atoms in total. The summed E-state index contributed by atoms with van der Waals surface area (Å²) in [6.45, 7) is 6.04. The highest BCUT2D eigenvalue weighted by Crippen LogP contribution is 2.12. The Morgan fingerprint density at radius 1 is 1.29 bits per heavy atom. The minimum Gasteiger partial charge on any atom is -0.479 e. The second kappa shape index (κ2) is 7.11. The maximum Gasteiger partial charge on any atom is 0.332 e.